The molecule has 0 N–H and O–H groups in total. The first-order chi connectivity index (χ1) is 26.1. The third-order valence-electron chi connectivity index (χ3n) is 9.88. The first-order valence-electron chi connectivity index (χ1n) is 22.1. The molecule has 0 spiro atoms. The molecule has 300 valence electrons. The number of unbranched alkanes of at least 4 members (excludes halogenated alkanes) is 21. The first-order valence-corrected chi connectivity index (χ1v) is 23.1. The topological polar surface area (TPSA) is 44.8 Å². The average Bonchev–Trinajstić information content (AvgIpc) is 3.17. The monoisotopic (exact) mass is 751 g/mol. The fourth-order valence-corrected chi connectivity index (χ4v) is 7.27. The van der Waals surface area contributed by atoms with Crippen LogP contribution in [0.25, 0.3) is 6.08 Å². The van der Waals surface area contributed by atoms with Crippen LogP contribution in [0.3, 0.4) is 0 Å². The van der Waals surface area contributed by atoms with Crippen LogP contribution in [0.1, 0.15) is 204 Å². The van der Waals surface area contributed by atoms with E-state index in [0.29, 0.717) is 42.6 Å². The molecule has 0 aliphatic carbocycles. The molecule has 0 aliphatic rings. The fourth-order valence-electron chi connectivity index (χ4n) is 6.36. The van der Waals surface area contributed by atoms with Crippen LogP contribution < -0.4 is 14.2 Å². The lowest BCUT2D eigenvalue weighted by Gasteiger charge is -2.18. The van der Waals surface area contributed by atoms with Gasteiger partial charge in [0.25, 0.3) is 0 Å². The molecule has 2 aromatic rings. The second-order valence-corrected chi connectivity index (χ2v) is 16.1. The maximum Gasteiger partial charge on any atom is 0.203 e. The van der Waals surface area contributed by atoms with Crippen molar-refractivity contribution < 1.29 is 19.0 Å². The van der Waals surface area contributed by atoms with Crippen LogP contribution >= 0.6 is 11.8 Å². The van der Waals surface area contributed by atoms with Gasteiger partial charge in [0.15, 0.2) is 17.3 Å². The third-order valence-corrected chi connectivity index (χ3v) is 11.0. The van der Waals surface area contributed by atoms with Gasteiger partial charge in [0.05, 0.1) is 19.8 Å². The number of hydrogen-bond donors (Lipinski definition) is 0. The summed E-state index contributed by atoms with van der Waals surface area (Å²) in [5.74, 6) is 2.88. The summed E-state index contributed by atoms with van der Waals surface area (Å²) in [6.45, 7) is 10.5. The zero-order valence-electron chi connectivity index (χ0n) is 34.7. The molecule has 0 unspecified atom stereocenters. The van der Waals surface area contributed by atoms with Gasteiger partial charge in [-0.1, -0.05) is 181 Å². The van der Waals surface area contributed by atoms with Crippen LogP contribution in [-0.4, -0.2) is 31.4 Å². The number of ketones is 1. The number of allylic oxidation sites excluding steroid dienone is 1. The normalized spacial score (nSPS) is 11.4. The number of rotatable bonds is 36. The van der Waals surface area contributed by atoms with Gasteiger partial charge >= 0.3 is 0 Å². The molecular weight excluding hydrogens is 673 g/mol. The van der Waals surface area contributed by atoms with Crippen LogP contribution in [0.5, 0.6) is 17.2 Å². The molecule has 0 bridgehead atoms. The van der Waals surface area contributed by atoms with Gasteiger partial charge in [-0.25, -0.2) is 0 Å². The Morgan fingerprint density at radius 2 is 0.906 bits per heavy atom. The highest BCUT2D eigenvalue weighted by atomic mass is 32.2. The minimum Gasteiger partial charge on any atom is -0.490 e. The lowest BCUT2D eigenvalue weighted by molar-refractivity contribution is 0.104. The molecule has 0 saturated heterocycles. The summed E-state index contributed by atoms with van der Waals surface area (Å²) in [7, 11) is 0. The Bertz CT molecular complexity index is 1160. The first kappa shape index (κ1) is 46.8. The maximum atomic E-state index is 13.4. The molecule has 0 fully saturated rings. The smallest absolute Gasteiger partial charge is 0.203 e. The third kappa shape index (κ3) is 23.2. The van der Waals surface area contributed by atoms with E-state index in [1.54, 1.807) is 6.08 Å². The molecular formula is C48H78O4S. The number of ether oxygens (including phenoxy) is 3. The summed E-state index contributed by atoms with van der Waals surface area (Å²) in [6.07, 6.45) is 36.4. The Kier molecular flexibility index (Phi) is 29.1. The Balaban J connectivity index is 1.67. The summed E-state index contributed by atoms with van der Waals surface area (Å²) in [5.41, 5.74) is 1.57. The van der Waals surface area contributed by atoms with Crippen molar-refractivity contribution in [2.45, 2.75) is 193 Å². The second-order valence-electron chi connectivity index (χ2n) is 14.9. The molecule has 0 radical (unpaired) electrons. The average molecular weight is 751 g/mol. The van der Waals surface area contributed by atoms with E-state index in [4.69, 9.17) is 14.2 Å². The second kappa shape index (κ2) is 33.0. The van der Waals surface area contributed by atoms with Gasteiger partial charge in [0.2, 0.25) is 5.75 Å². The Morgan fingerprint density at radius 3 is 1.34 bits per heavy atom. The van der Waals surface area contributed by atoms with Crippen LogP contribution in [-0.2, 0) is 0 Å². The van der Waals surface area contributed by atoms with Crippen molar-refractivity contribution >= 4 is 23.6 Å². The maximum absolute atomic E-state index is 13.4. The Morgan fingerprint density at radius 1 is 0.509 bits per heavy atom. The summed E-state index contributed by atoms with van der Waals surface area (Å²) in [5, 5.41) is 0. The van der Waals surface area contributed by atoms with Crippen molar-refractivity contribution in [2.24, 2.45) is 0 Å². The summed E-state index contributed by atoms with van der Waals surface area (Å²) in [6, 6.07) is 12.2. The van der Waals surface area contributed by atoms with Gasteiger partial charge in [-0.3, -0.25) is 4.79 Å². The molecule has 0 amide bonds. The van der Waals surface area contributed by atoms with Crippen molar-refractivity contribution in [1.29, 1.82) is 0 Å². The summed E-state index contributed by atoms with van der Waals surface area (Å²) >= 11 is 1.94. The number of benzene rings is 2. The molecule has 2 rings (SSSR count). The highest BCUT2D eigenvalue weighted by Crippen LogP contribution is 2.40. The van der Waals surface area contributed by atoms with Gasteiger partial charge < -0.3 is 14.2 Å². The van der Waals surface area contributed by atoms with Crippen LogP contribution in [0.2, 0.25) is 0 Å². The summed E-state index contributed by atoms with van der Waals surface area (Å²) < 4.78 is 18.4. The number of thioether (sulfide) groups is 1. The van der Waals surface area contributed by atoms with E-state index in [2.05, 4.69) is 52.0 Å². The van der Waals surface area contributed by atoms with Gasteiger partial charge in [-0.05, 0) is 67.3 Å². The molecule has 0 heterocycles. The molecule has 5 heteroatoms. The lowest BCUT2D eigenvalue weighted by atomic mass is 10.0. The van der Waals surface area contributed by atoms with Gasteiger partial charge in [-0.2, -0.15) is 0 Å². The molecule has 4 nitrogen and oxygen atoms in total. The molecule has 0 aromatic heterocycles. The minimum absolute atomic E-state index is 0.0754. The van der Waals surface area contributed by atoms with Gasteiger partial charge in [0, 0.05) is 10.5 Å². The Labute approximate surface area is 331 Å². The zero-order chi connectivity index (χ0) is 38.0. The van der Waals surface area contributed by atoms with E-state index in [1.807, 2.05) is 30.0 Å². The standard InChI is InChI=1S/C48H78O4S/c1-5-9-13-14-15-16-17-18-19-20-21-22-23-24-25-26-27-28-29-39-53-44-33-30-42(31-34-44)32-35-45(49)43-40-46(50-36-10-6-2)48(52-38-12-8-4)47(41-43)51-37-11-7-3/h30-35,40-41H,5-29,36-39H2,1-4H3. The number of hydrogen-bond acceptors (Lipinski definition) is 5. The summed E-state index contributed by atoms with van der Waals surface area (Å²) in [4.78, 5) is 14.7. The predicted octanol–water partition coefficient (Wildman–Crippen LogP) is 15.6. The number of carbonyl (C=O) groups excluding carboxylic acids is 1. The van der Waals surface area contributed by atoms with E-state index in [1.165, 1.54) is 127 Å². The van der Waals surface area contributed by atoms with Crippen molar-refractivity contribution in [2.75, 3.05) is 25.6 Å². The lowest BCUT2D eigenvalue weighted by Crippen LogP contribution is -2.08. The van der Waals surface area contributed by atoms with Crippen LogP contribution in [0.4, 0.5) is 0 Å². The van der Waals surface area contributed by atoms with E-state index >= 15 is 0 Å². The zero-order valence-corrected chi connectivity index (χ0v) is 35.5. The highest BCUT2D eigenvalue weighted by molar-refractivity contribution is 7.99. The molecule has 53 heavy (non-hydrogen) atoms. The highest BCUT2D eigenvalue weighted by Gasteiger charge is 2.18. The van der Waals surface area contributed by atoms with Crippen molar-refractivity contribution in [3.8, 4) is 17.2 Å². The van der Waals surface area contributed by atoms with Crippen molar-refractivity contribution in [3.05, 3.63) is 53.6 Å². The van der Waals surface area contributed by atoms with E-state index in [0.717, 1.165) is 49.8 Å². The van der Waals surface area contributed by atoms with Crippen LogP contribution in [0.15, 0.2) is 47.4 Å². The van der Waals surface area contributed by atoms with E-state index < -0.39 is 0 Å². The Hall–Kier alpha value is -2.40. The van der Waals surface area contributed by atoms with E-state index in [9.17, 15) is 4.79 Å². The molecule has 0 aliphatic heterocycles. The molecule has 2 aromatic carbocycles. The molecule has 0 atom stereocenters. The van der Waals surface area contributed by atoms with Crippen molar-refractivity contribution in [3.63, 3.8) is 0 Å². The fraction of sp³-hybridized carbons (Fsp3) is 0.688. The SMILES string of the molecule is CCCCCCCCCCCCCCCCCCCCCSc1ccc(C=CC(=O)c2cc(OCCCC)c(OCCCC)c(OCCCC)c2)cc1. The van der Waals surface area contributed by atoms with E-state index in [-0.39, 0.29) is 5.78 Å². The quantitative estimate of drug-likeness (QED) is 0.0300. The van der Waals surface area contributed by atoms with Crippen LogP contribution in [0, 0.1) is 0 Å². The molecule has 0 saturated carbocycles. The number of carbonyl (C=O) groups is 1. The van der Waals surface area contributed by atoms with Gasteiger partial charge in [0.1, 0.15) is 0 Å². The minimum atomic E-state index is -0.0754. The predicted molar refractivity (Wildman–Crippen MR) is 232 cm³/mol. The van der Waals surface area contributed by atoms with Gasteiger partial charge in [-0.15, -0.1) is 11.8 Å². The van der Waals surface area contributed by atoms with Crippen molar-refractivity contribution in [1.82, 2.24) is 0 Å². The largest absolute Gasteiger partial charge is 0.490 e.